The molecule has 8 rings (SSSR count). The van der Waals surface area contributed by atoms with Crippen LogP contribution in [0.15, 0.2) is 132 Å². The van der Waals surface area contributed by atoms with Crippen LogP contribution in [0.3, 0.4) is 0 Å². The van der Waals surface area contributed by atoms with Crippen molar-refractivity contribution in [2.75, 3.05) is 0 Å². The Kier molecular flexibility index (Phi) is 5.10. The molecule has 0 amide bonds. The summed E-state index contributed by atoms with van der Waals surface area (Å²) in [6.45, 7) is 0. The highest BCUT2D eigenvalue weighted by atomic mass is 32.1. The average molecular weight is 528 g/mol. The second-order valence-electron chi connectivity index (χ2n) is 9.98. The van der Waals surface area contributed by atoms with E-state index in [0.717, 1.165) is 49.8 Å². The van der Waals surface area contributed by atoms with Gasteiger partial charge in [0, 0.05) is 42.1 Å². The van der Waals surface area contributed by atoms with E-state index in [1.54, 1.807) is 0 Å². The minimum atomic E-state index is 0.657. The van der Waals surface area contributed by atoms with Gasteiger partial charge in [-0.05, 0) is 52.6 Å². The van der Waals surface area contributed by atoms with E-state index >= 15 is 0 Å². The van der Waals surface area contributed by atoms with Crippen molar-refractivity contribution in [1.82, 2.24) is 0 Å². The van der Waals surface area contributed by atoms with Gasteiger partial charge in [0.25, 0.3) is 0 Å². The van der Waals surface area contributed by atoms with Crippen LogP contribution in [0.25, 0.3) is 75.5 Å². The summed E-state index contributed by atoms with van der Waals surface area (Å²) in [5.41, 5.74) is 8.80. The minimum Gasteiger partial charge on any atom is -0.456 e. The number of nitrogens with zero attached hydrogens (tertiary/aromatic N) is 1. The molecule has 0 unspecified atom stereocenters. The quantitative estimate of drug-likeness (QED) is 0.229. The van der Waals surface area contributed by atoms with Gasteiger partial charge in [-0.1, -0.05) is 97.1 Å². The summed E-state index contributed by atoms with van der Waals surface area (Å²) in [6.07, 6.45) is 0. The minimum absolute atomic E-state index is 0.657. The topological polar surface area (TPSA) is 36.9 Å². The summed E-state index contributed by atoms with van der Waals surface area (Å²) >= 11 is 1.82. The zero-order valence-corrected chi connectivity index (χ0v) is 22.2. The normalized spacial score (nSPS) is 11.5. The van der Waals surface area contributed by atoms with Gasteiger partial charge >= 0.3 is 0 Å². The first-order valence-corrected chi connectivity index (χ1v) is 14.1. The van der Waals surface area contributed by atoms with Crippen LogP contribution in [0.2, 0.25) is 0 Å². The van der Waals surface area contributed by atoms with Crippen LogP contribution in [0, 0.1) is 11.3 Å². The fourth-order valence-corrected chi connectivity index (χ4v) is 7.19. The Bertz CT molecular complexity index is 2300. The maximum Gasteiger partial charge on any atom is 0.136 e. The molecular weight excluding hydrogens is 506 g/mol. The number of hydrogen-bond acceptors (Lipinski definition) is 3. The molecule has 0 atom stereocenters. The van der Waals surface area contributed by atoms with Crippen molar-refractivity contribution in [3.05, 3.63) is 133 Å². The molecule has 3 heteroatoms. The SMILES string of the molecule is N#Cc1ccccc1-c1c(-c2ccc3c(c2)oc2ccccc23)cccc1-c1cccc2c1sc1ccccc12. The molecule has 2 nitrogen and oxygen atoms in total. The molecule has 0 bridgehead atoms. The van der Waals surface area contributed by atoms with Crippen LogP contribution >= 0.6 is 11.3 Å². The molecule has 6 aromatic carbocycles. The lowest BCUT2D eigenvalue weighted by atomic mass is 9.85. The van der Waals surface area contributed by atoms with Crippen molar-refractivity contribution in [2.45, 2.75) is 0 Å². The first-order chi connectivity index (χ1) is 19.8. The Hall–Kier alpha value is -5.17. The van der Waals surface area contributed by atoms with Crippen LogP contribution in [-0.2, 0) is 0 Å². The van der Waals surface area contributed by atoms with Gasteiger partial charge in [-0.3, -0.25) is 0 Å². The van der Waals surface area contributed by atoms with E-state index in [9.17, 15) is 5.26 Å². The van der Waals surface area contributed by atoms with E-state index in [1.165, 1.54) is 25.7 Å². The third-order valence-electron chi connectivity index (χ3n) is 7.77. The summed E-state index contributed by atoms with van der Waals surface area (Å²) in [5.74, 6) is 0. The van der Waals surface area contributed by atoms with E-state index in [1.807, 2.05) is 47.7 Å². The van der Waals surface area contributed by atoms with E-state index < -0.39 is 0 Å². The first kappa shape index (κ1) is 22.8. The lowest BCUT2D eigenvalue weighted by Crippen LogP contribution is -1.93. The standard InChI is InChI=1S/C37H21NOS/c38-22-24-9-1-2-10-26(24)36-25(23-19-20-28-27-11-3-5-17-33(27)39-34(28)21-23)13-7-14-30(36)32-16-8-15-31-29-12-4-6-18-35(29)40-37(31)32/h1-21H. The van der Waals surface area contributed by atoms with Crippen molar-refractivity contribution in [3.63, 3.8) is 0 Å². The van der Waals surface area contributed by atoms with E-state index in [4.69, 9.17) is 4.42 Å². The zero-order valence-electron chi connectivity index (χ0n) is 21.4. The summed E-state index contributed by atoms with van der Waals surface area (Å²) in [6, 6.07) is 46.6. The maximum atomic E-state index is 10.1. The van der Waals surface area contributed by atoms with Crippen molar-refractivity contribution in [1.29, 1.82) is 5.26 Å². The second-order valence-corrected chi connectivity index (χ2v) is 11.0. The van der Waals surface area contributed by atoms with E-state index in [0.29, 0.717) is 5.56 Å². The second kappa shape index (κ2) is 8.95. The molecule has 2 heterocycles. The smallest absolute Gasteiger partial charge is 0.136 e. The van der Waals surface area contributed by atoms with Gasteiger partial charge in [0.05, 0.1) is 11.6 Å². The van der Waals surface area contributed by atoms with Crippen molar-refractivity contribution >= 4 is 53.4 Å². The van der Waals surface area contributed by atoms with Gasteiger partial charge in [-0.15, -0.1) is 11.3 Å². The third-order valence-corrected chi connectivity index (χ3v) is 8.99. The molecule has 0 aliphatic rings. The van der Waals surface area contributed by atoms with E-state index in [2.05, 4.69) is 97.1 Å². The van der Waals surface area contributed by atoms with Crippen molar-refractivity contribution in [2.24, 2.45) is 0 Å². The Morgan fingerprint density at radius 1 is 0.525 bits per heavy atom. The fraction of sp³-hybridized carbons (Fsp3) is 0. The molecule has 0 aliphatic heterocycles. The number of hydrogen-bond donors (Lipinski definition) is 0. The van der Waals surface area contributed by atoms with Gasteiger partial charge < -0.3 is 4.42 Å². The number of para-hydroxylation sites is 1. The highest BCUT2D eigenvalue weighted by Crippen LogP contribution is 2.46. The fourth-order valence-electron chi connectivity index (χ4n) is 5.96. The highest BCUT2D eigenvalue weighted by molar-refractivity contribution is 7.26. The zero-order chi connectivity index (χ0) is 26.6. The lowest BCUT2D eigenvalue weighted by molar-refractivity contribution is 0.669. The summed E-state index contributed by atoms with van der Waals surface area (Å²) in [7, 11) is 0. The van der Waals surface area contributed by atoms with Gasteiger partial charge in [-0.25, -0.2) is 0 Å². The van der Waals surface area contributed by atoms with Gasteiger partial charge in [0.2, 0.25) is 0 Å². The maximum absolute atomic E-state index is 10.1. The molecular formula is C37H21NOS. The molecule has 8 aromatic rings. The number of rotatable bonds is 3. The Morgan fingerprint density at radius 3 is 2.12 bits per heavy atom. The molecule has 0 saturated carbocycles. The molecule has 0 N–H and O–H groups in total. The summed E-state index contributed by atoms with van der Waals surface area (Å²) < 4.78 is 8.79. The molecule has 2 aromatic heterocycles. The van der Waals surface area contributed by atoms with Gasteiger partial charge in [0.1, 0.15) is 11.2 Å². The average Bonchev–Trinajstić information content (AvgIpc) is 3.58. The highest BCUT2D eigenvalue weighted by Gasteiger charge is 2.20. The monoisotopic (exact) mass is 527 g/mol. The lowest BCUT2D eigenvalue weighted by Gasteiger charge is -2.18. The first-order valence-electron chi connectivity index (χ1n) is 13.2. The molecule has 186 valence electrons. The Labute approximate surface area is 235 Å². The predicted octanol–water partition coefficient (Wildman–Crippen LogP) is 10.8. The molecule has 40 heavy (non-hydrogen) atoms. The van der Waals surface area contributed by atoms with Crippen molar-refractivity contribution < 1.29 is 4.42 Å². The number of nitriles is 1. The number of benzene rings is 6. The molecule has 0 fully saturated rings. The molecule has 0 aliphatic carbocycles. The third kappa shape index (κ3) is 3.41. The van der Waals surface area contributed by atoms with Crippen LogP contribution in [-0.4, -0.2) is 0 Å². The van der Waals surface area contributed by atoms with Crippen LogP contribution < -0.4 is 0 Å². The molecule has 0 spiro atoms. The van der Waals surface area contributed by atoms with Gasteiger partial charge in [-0.2, -0.15) is 5.26 Å². The number of fused-ring (bicyclic) bond motifs is 6. The van der Waals surface area contributed by atoms with Crippen molar-refractivity contribution in [3.8, 4) is 39.4 Å². The predicted molar refractivity (Wildman–Crippen MR) is 168 cm³/mol. The number of furan rings is 1. The van der Waals surface area contributed by atoms with Crippen LogP contribution in [0.5, 0.6) is 0 Å². The summed E-state index contributed by atoms with van der Waals surface area (Å²) in [5, 5.41) is 14.9. The van der Waals surface area contributed by atoms with Crippen LogP contribution in [0.1, 0.15) is 5.56 Å². The van der Waals surface area contributed by atoms with E-state index in [-0.39, 0.29) is 0 Å². The molecule has 0 radical (unpaired) electrons. The Morgan fingerprint density at radius 2 is 1.20 bits per heavy atom. The number of thiophene rings is 1. The Balaban J connectivity index is 1.45. The molecule has 0 saturated heterocycles. The largest absolute Gasteiger partial charge is 0.456 e. The summed E-state index contributed by atoms with van der Waals surface area (Å²) in [4.78, 5) is 0. The van der Waals surface area contributed by atoms with Gasteiger partial charge in [0.15, 0.2) is 0 Å². The van der Waals surface area contributed by atoms with Crippen LogP contribution in [0.4, 0.5) is 0 Å².